The summed E-state index contributed by atoms with van der Waals surface area (Å²) in [6, 6.07) is 2.13. The number of nitrogens with zero attached hydrogens (tertiary/aromatic N) is 2. The second kappa shape index (κ2) is 8.10. The van der Waals surface area contributed by atoms with E-state index < -0.39 is 0 Å². The summed E-state index contributed by atoms with van der Waals surface area (Å²) in [5.74, 6) is 0.538. The van der Waals surface area contributed by atoms with Crippen molar-refractivity contribution in [3.8, 4) is 6.07 Å². The smallest absolute Gasteiger partial charge is 0.234 e. The third-order valence-corrected chi connectivity index (χ3v) is 2.89. The third-order valence-electron chi connectivity index (χ3n) is 2.89. The van der Waals surface area contributed by atoms with Crippen molar-refractivity contribution in [2.75, 3.05) is 19.6 Å². The quantitative estimate of drug-likeness (QED) is 0.721. The first-order valence-corrected chi connectivity index (χ1v) is 6.71. The Kier molecular flexibility index (Phi) is 7.61. The highest BCUT2D eigenvalue weighted by Gasteiger charge is 2.19. The van der Waals surface area contributed by atoms with Gasteiger partial charge < -0.3 is 5.32 Å². The van der Waals surface area contributed by atoms with Crippen LogP contribution in [0.25, 0.3) is 0 Å². The van der Waals surface area contributed by atoms with Crippen molar-refractivity contribution in [1.82, 2.24) is 10.2 Å². The number of amides is 1. The minimum Gasteiger partial charge on any atom is -0.350 e. The Balaban J connectivity index is 4.30. The molecule has 0 aliphatic rings. The molecule has 0 aliphatic carbocycles. The van der Waals surface area contributed by atoms with Gasteiger partial charge in [-0.15, -0.1) is 0 Å². The maximum atomic E-state index is 11.9. The maximum Gasteiger partial charge on any atom is 0.234 e. The number of carbonyl (C=O) groups is 1. The van der Waals surface area contributed by atoms with Crippen LogP contribution in [0.3, 0.4) is 0 Å². The zero-order valence-corrected chi connectivity index (χ0v) is 12.4. The third kappa shape index (κ3) is 8.08. The fourth-order valence-corrected chi connectivity index (χ4v) is 1.67. The Hall–Kier alpha value is -1.08. The Bertz CT molecular complexity index is 292. The summed E-state index contributed by atoms with van der Waals surface area (Å²) in [7, 11) is 0. The van der Waals surface area contributed by atoms with Gasteiger partial charge in [0.1, 0.15) is 0 Å². The van der Waals surface area contributed by atoms with Gasteiger partial charge in [-0.05, 0) is 26.2 Å². The molecule has 4 heteroatoms. The van der Waals surface area contributed by atoms with Crippen molar-refractivity contribution < 1.29 is 4.79 Å². The molecule has 0 heterocycles. The first-order chi connectivity index (χ1) is 8.30. The van der Waals surface area contributed by atoms with E-state index >= 15 is 0 Å². The summed E-state index contributed by atoms with van der Waals surface area (Å²) < 4.78 is 0. The van der Waals surface area contributed by atoms with Gasteiger partial charge in [-0.1, -0.05) is 20.8 Å². The van der Waals surface area contributed by atoms with Gasteiger partial charge in [0.05, 0.1) is 12.6 Å². The number of hydrogen-bond acceptors (Lipinski definition) is 3. The standard InChI is InChI=1S/C14H27N3O/c1-6-14(4,5)16-13(18)11-17(9-7-8-15)10-12(2)3/h12H,6-7,9-11H2,1-5H3,(H,16,18). The van der Waals surface area contributed by atoms with Crippen molar-refractivity contribution in [3.05, 3.63) is 0 Å². The lowest BCUT2D eigenvalue weighted by molar-refractivity contribution is -0.124. The fourth-order valence-electron chi connectivity index (χ4n) is 1.67. The molecule has 0 spiro atoms. The molecule has 0 aromatic carbocycles. The maximum absolute atomic E-state index is 11.9. The van der Waals surface area contributed by atoms with Gasteiger partial charge in [0.25, 0.3) is 0 Å². The van der Waals surface area contributed by atoms with Crippen molar-refractivity contribution in [2.24, 2.45) is 5.92 Å². The largest absolute Gasteiger partial charge is 0.350 e. The molecule has 0 saturated heterocycles. The Labute approximate surface area is 111 Å². The van der Waals surface area contributed by atoms with Gasteiger partial charge in [-0.3, -0.25) is 9.69 Å². The fraction of sp³-hybridized carbons (Fsp3) is 0.857. The van der Waals surface area contributed by atoms with Crippen LogP contribution in [0.5, 0.6) is 0 Å². The van der Waals surface area contributed by atoms with Gasteiger partial charge in [-0.25, -0.2) is 0 Å². The van der Waals surface area contributed by atoms with Crippen LogP contribution in [0.15, 0.2) is 0 Å². The summed E-state index contributed by atoms with van der Waals surface area (Å²) in [5.41, 5.74) is -0.157. The molecular formula is C14H27N3O. The van der Waals surface area contributed by atoms with Crippen LogP contribution in [0.1, 0.15) is 47.5 Å². The average molecular weight is 253 g/mol. The zero-order chi connectivity index (χ0) is 14.2. The van der Waals surface area contributed by atoms with Gasteiger partial charge >= 0.3 is 0 Å². The van der Waals surface area contributed by atoms with E-state index in [4.69, 9.17) is 5.26 Å². The summed E-state index contributed by atoms with van der Waals surface area (Å²) in [6.45, 7) is 12.2. The van der Waals surface area contributed by atoms with Gasteiger partial charge in [0, 0.05) is 25.0 Å². The van der Waals surface area contributed by atoms with Gasteiger partial charge in [0.2, 0.25) is 5.91 Å². The monoisotopic (exact) mass is 253 g/mol. The number of carbonyl (C=O) groups excluding carboxylic acids is 1. The number of hydrogen-bond donors (Lipinski definition) is 1. The Morgan fingerprint density at radius 1 is 1.44 bits per heavy atom. The van der Waals surface area contributed by atoms with E-state index in [9.17, 15) is 4.79 Å². The second-order valence-corrected chi connectivity index (χ2v) is 5.82. The lowest BCUT2D eigenvalue weighted by Crippen LogP contribution is -2.48. The molecule has 0 radical (unpaired) electrons. The van der Waals surface area contributed by atoms with E-state index in [-0.39, 0.29) is 11.4 Å². The lowest BCUT2D eigenvalue weighted by Gasteiger charge is -2.28. The summed E-state index contributed by atoms with van der Waals surface area (Å²) in [5, 5.41) is 11.7. The summed E-state index contributed by atoms with van der Waals surface area (Å²) in [6.07, 6.45) is 1.37. The molecule has 18 heavy (non-hydrogen) atoms. The van der Waals surface area contributed by atoms with Crippen LogP contribution in [0.4, 0.5) is 0 Å². The molecule has 0 unspecified atom stereocenters. The molecule has 0 aromatic heterocycles. The van der Waals surface area contributed by atoms with E-state index in [2.05, 4.69) is 37.1 Å². The minimum absolute atomic E-state index is 0.0421. The highest BCUT2D eigenvalue weighted by atomic mass is 16.2. The molecule has 0 fully saturated rings. The second-order valence-electron chi connectivity index (χ2n) is 5.82. The average Bonchev–Trinajstić information content (AvgIpc) is 2.24. The molecule has 0 atom stereocenters. The number of nitriles is 1. The van der Waals surface area contributed by atoms with E-state index in [1.807, 2.05) is 13.8 Å². The molecule has 104 valence electrons. The number of rotatable bonds is 8. The highest BCUT2D eigenvalue weighted by Crippen LogP contribution is 2.07. The molecular weight excluding hydrogens is 226 g/mol. The van der Waals surface area contributed by atoms with Gasteiger partial charge in [-0.2, -0.15) is 5.26 Å². The molecule has 4 nitrogen and oxygen atoms in total. The van der Waals surface area contributed by atoms with E-state index in [1.165, 1.54) is 0 Å². The number of nitrogens with one attached hydrogen (secondary N) is 1. The minimum atomic E-state index is -0.157. The van der Waals surface area contributed by atoms with Crippen molar-refractivity contribution in [3.63, 3.8) is 0 Å². The molecule has 1 N–H and O–H groups in total. The summed E-state index contributed by atoms with van der Waals surface area (Å²) >= 11 is 0. The normalized spacial score (nSPS) is 11.7. The molecule has 0 rings (SSSR count). The van der Waals surface area contributed by atoms with Crippen molar-refractivity contribution >= 4 is 5.91 Å². The van der Waals surface area contributed by atoms with Crippen LogP contribution in [-0.2, 0) is 4.79 Å². The Morgan fingerprint density at radius 2 is 2.06 bits per heavy atom. The summed E-state index contributed by atoms with van der Waals surface area (Å²) in [4.78, 5) is 14.0. The van der Waals surface area contributed by atoms with Gasteiger partial charge in [0.15, 0.2) is 0 Å². The van der Waals surface area contributed by atoms with Crippen LogP contribution < -0.4 is 5.32 Å². The molecule has 0 aromatic rings. The first-order valence-electron chi connectivity index (χ1n) is 6.71. The van der Waals surface area contributed by atoms with Crippen molar-refractivity contribution in [1.29, 1.82) is 5.26 Å². The topological polar surface area (TPSA) is 56.1 Å². The molecule has 0 saturated carbocycles. The van der Waals surface area contributed by atoms with Crippen molar-refractivity contribution in [2.45, 2.75) is 53.0 Å². The van der Waals surface area contributed by atoms with E-state index in [0.29, 0.717) is 25.4 Å². The SMILES string of the molecule is CCC(C)(C)NC(=O)CN(CCC#N)CC(C)C. The van der Waals surface area contributed by atoms with Crippen LogP contribution in [-0.4, -0.2) is 36.0 Å². The molecule has 1 amide bonds. The molecule has 0 bridgehead atoms. The van der Waals surface area contributed by atoms with E-state index in [0.717, 1.165) is 13.0 Å². The molecule has 0 aliphatic heterocycles. The highest BCUT2D eigenvalue weighted by molar-refractivity contribution is 5.78. The predicted molar refractivity (Wildman–Crippen MR) is 74.0 cm³/mol. The van der Waals surface area contributed by atoms with Crippen LogP contribution in [0.2, 0.25) is 0 Å². The predicted octanol–water partition coefficient (Wildman–Crippen LogP) is 2.16. The Morgan fingerprint density at radius 3 is 2.50 bits per heavy atom. The lowest BCUT2D eigenvalue weighted by atomic mass is 10.0. The zero-order valence-electron chi connectivity index (χ0n) is 12.4. The van der Waals surface area contributed by atoms with Crippen LogP contribution in [0, 0.1) is 17.2 Å². The first kappa shape index (κ1) is 16.9. The van der Waals surface area contributed by atoms with Crippen LogP contribution >= 0.6 is 0 Å². The van der Waals surface area contributed by atoms with E-state index in [1.54, 1.807) is 0 Å².